The van der Waals surface area contributed by atoms with Crippen LogP contribution in [0.5, 0.6) is 0 Å². The number of nitrogen functional groups attached to an aromatic ring is 1. The molecule has 0 bridgehead atoms. The lowest BCUT2D eigenvalue weighted by Crippen LogP contribution is -2.23. The Morgan fingerprint density at radius 1 is 1.48 bits per heavy atom. The van der Waals surface area contributed by atoms with Gasteiger partial charge in [-0.1, -0.05) is 22.0 Å². The van der Waals surface area contributed by atoms with E-state index in [1.807, 2.05) is 31.3 Å². The summed E-state index contributed by atoms with van der Waals surface area (Å²) in [4.78, 5) is 12.9. The molecule has 2 heterocycles. The van der Waals surface area contributed by atoms with Gasteiger partial charge in [0.25, 0.3) is 5.91 Å². The average Bonchev–Trinajstić information content (AvgIpc) is 3.00. The van der Waals surface area contributed by atoms with E-state index in [1.54, 1.807) is 10.9 Å². The minimum atomic E-state index is -0.161. The molecule has 0 atom stereocenters. The monoisotopic (exact) mass is 364 g/mol. The van der Waals surface area contributed by atoms with Gasteiger partial charge in [-0.2, -0.15) is 5.10 Å². The number of carbonyl (C=O) groups is 1. The number of hydrogen-bond acceptors (Lipinski definition) is 4. The van der Waals surface area contributed by atoms with Gasteiger partial charge in [0.1, 0.15) is 4.88 Å². The number of benzene rings is 1. The maximum Gasteiger partial charge on any atom is 0.263 e. The molecule has 1 amide bonds. The number of rotatable bonds is 3. The van der Waals surface area contributed by atoms with Crippen LogP contribution >= 0.6 is 27.3 Å². The zero-order valence-corrected chi connectivity index (χ0v) is 13.7. The molecule has 3 rings (SSSR count). The minimum absolute atomic E-state index is 0.161. The van der Waals surface area contributed by atoms with Crippen LogP contribution in [0.3, 0.4) is 0 Å². The SMILES string of the molecule is Cn1nccc1CNC(=O)c1sc2cc(Br)ccc2c1N. The van der Waals surface area contributed by atoms with Crippen LogP contribution in [0.25, 0.3) is 10.1 Å². The van der Waals surface area contributed by atoms with E-state index < -0.39 is 0 Å². The lowest BCUT2D eigenvalue weighted by atomic mass is 10.2. The van der Waals surface area contributed by atoms with E-state index in [4.69, 9.17) is 5.73 Å². The molecule has 2 aromatic heterocycles. The van der Waals surface area contributed by atoms with Gasteiger partial charge in [-0.3, -0.25) is 9.48 Å². The van der Waals surface area contributed by atoms with Crippen molar-refractivity contribution in [2.45, 2.75) is 6.54 Å². The summed E-state index contributed by atoms with van der Waals surface area (Å²) in [6, 6.07) is 7.67. The highest BCUT2D eigenvalue weighted by Crippen LogP contribution is 2.35. The third-order valence-electron chi connectivity index (χ3n) is 3.25. The summed E-state index contributed by atoms with van der Waals surface area (Å²) in [6.45, 7) is 0.423. The highest BCUT2D eigenvalue weighted by atomic mass is 79.9. The molecule has 1 aromatic carbocycles. The molecule has 0 aliphatic heterocycles. The lowest BCUT2D eigenvalue weighted by Gasteiger charge is -2.04. The molecule has 0 fully saturated rings. The summed E-state index contributed by atoms with van der Waals surface area (Å²) in [6.07, 6.45) is 1.70. The van der Waals surface area contributed by atoms with E-state index in [9.17, 15) is 4.79 Å². The Hall–Kier alpha value is -1.86. The molecule has 0 aliphatic carbocycles. The fraction of sp³-hybridized carbons (Fsp3) is 0.143. The number of fused-ring (bicyclic) bond motifs is 1. The first-order valence-corrected chi connectivity index (χ1v) is 7.90. The number of nitrogens with one attached hydrogen (secondary N) is 1. The molecule has 3 aromatic rings. The van der Waals surface area contributed by atoms with Crippen LogP contribution in [-0.4, -0.2) is 15.7 Å². The standard InChI is InChI=1S/C14H13BrN4OS/c1-19-9(4-5-18-19)7-17-14(20)13-12(16)10-3-2-8(15)6-11(10)21-13/h2-6H,7,16H2,1H3,(H,17,20). The molecule has 0 unspecified atom stereocenters. The van der Waals surface area contributed by atoms with Gasteiger partial charge in [0.05, 0.1) is 17.9 Å². The zero-order chi connectivity index (χ0) is 15.0. The number of aryl methyl sites for hydroxylation is 1. The van der Waals surface area contributed by atoms with Crippen LogP contribution in [0.4, 0.5) is 5.69 Å². The smallest absolute Gasteiger partial charge is 0.263 e. The first kappa shape index (κ1) is 14.1. The Labute approximate surface area is 133 Å². The van der Waals surface area contributed by atoms with Gasteiger partial charge in [0, 0.05) is 27.8 Å². The van der Waals surface area contributed by atoms with E-state index >= 15 is 0 Å². The second-order valence-electron chi connectivity index (χ2n) is 4.61. The van der Waals surface area contributed by atoms with Gasteiger partial charge < -0.3 is 11.1 Å². The average molecular weight is 365 g/mol. The van der Waals surface area contributed by atoms with Gasteiger partial charge in [-0.15, -0.1) is 11.3 Å². The molecule has 7 heteroatoms. The number of thiophene rings is 1. The maximum absolute atomic E-state index is 12.3. The number of nitrogens with two attached hydrogens (primary N) is 1. The third-order valence-corrected chi connectivity index (χ3v) is 4.91. The van der Waals surface area contributed by atoms with Crippen LogP contribution in [0.15, 0.2) is 34.9 Å². The molecule has 0 aliphatic rings. The van der Waals surface area contributed by atoms with E-state index in [0.29, 0.717) is 17.1 Å². The number of nitrogens with zero attached hydrogens (tertiary/aromatic N) is 2. The van der Waals surface area contributed by atoms with Crippen molar-refractivity contribution in [1.29, 1.82) is 0 Å². The summed E-state index contributed by atoms with van der Waals surface area (Å²) in [7, 11) is 1.84. The number of carbonyl (C=O) groups excluding carboxylic acids is 1. The third kappa shape index (κ3) is 2.66. The first-order chi connectivity index (χ1) is 10.1. The van der Waals surface area contributed by atoms with Crippen molar-refractivity contribution in [3.05, 3.63) is 45.5 Å². The quantitative estimate of drug-likeness (QED) is 0.750. The Balaban J connectivity index is 1.84. The predicted molar refractivity (Wildman–Crippen MR) is 88.3 cm³/mol. The molecule has 0 saturated carbocycles. The predicted octanol–water partition coefficient (Wildman–Crippen LogP) is 2.91. The number of aromatic nitrogens is 2. The summed E-state index contributed by atoms with van der Waals surface area (Å²) in [5, 5.41) is 7.86. The van der Waals surface area contributed by atoms with Crippen LogP contribution in [-0.2, 0) is 13.6 Å². The van der Waals surface area contributed by atoms with Gasteiger partial charge >= 0.3 is 0 Å². The Morgan fingerprint density at radius 3 is 3.00 bits per heavy atom. The summed E-state index contributed by atoms with van der Waals surface area (Å²) >= 11 is 4.82. The fourth-order valence-electron chi connectivity index (χ4n) is 2.08. The van der Waals surface area contributed by atoms with Crippen molar-refractivity contribution in [2.75, 3.05) is 5.73 Å². The van der Waals surface area contributed by atoms with Crippen molar-refractivity contribution < 1.29 is 4.79 Å². The maximum atomic E-state index is 12.3. The van der Waals surface area contributed by atoms with E-state index in [2.05, 4.69) is 26.3 Å². The lowest BCUT2D eigenvalue weighted by molar-refractivity contribution is 0.0955. The number of anilines is 1. The Bertz CT molecular complexity index is 824. The van der Waals surface area contributed by atoms with Crippen molar-refractivity contribution in [1.82, 2.24) is 15.1 Å². The molecular weight excluding hydrogens is 352 g/mol. The van der Waals surface area contributed by atoms with E-state index in [-0.39, 0.29) is 5.91 Å². The first-order valence-electron chi connectivity index (χ1n) is 6.29. The van der Waals surface area contributed by atoms with Crippen LogP contribution in [0.1, 0.15) is 15.4 Å². The molecular formula is C14H13BrN4OS. The van der Waals surface area contributed by atoms with Crippen LogP contribution in [0, 0.1) is 0 Å². The largest absolute Gasteiger partial charge is 0.397 e. The van der Waals surface area contributed by atoms with Crippen molar-refractivity contribution in [3.8, 4) is 0 Å². The van der Waals surface area contributed by atoms with E-state index in [0.717, 1.165) is 20.3 Å². The fourth-order valence-corrected chi connectivity index (χ4v) is 3.68. The highest BCUT2D eigenvalue weighted by Gasteiger charge is 2.16. The van der Waals surface area contributed by atoms with Crippen LogP contribution in [0.2, 0.25) is 0 Å². The van der Waals surface area contributed by atoms with E-state index in [1.165, 1.54) is 11.3 Å². The molecule has 3 N–H and O–H groups in total. The Morgan fingerprint density at radius 2 is 2.29 bits per heavy atom. The second-order valence-corrected chi connectivity index (χ2v) is 6.58. The van der Waals surface area contributed by atoms with Crippen LogP contribution < -0.4 is 11.1 Å². The van der Waals surface area contributed by atoms with Gasteiger partial charge in [0.15, 0.2) is 0 Å². The minimum Gasteiger partial charge on any atom is -0.397 e. The normalized spacial score (nSPS) is 11.0. The van der Waals surface area contributed by atoms with Gasteiger partial charge in [-0.25, -0.2) is 0 Å². The number of hydrogen-bond donors (Lipinski definition) is 2. The summed E-state index contributed by atoms with van der Waals surface area (Å²) in [5.41, 5.74) is 7.55. The molecule has 0 radical (unpaired) electrons. The van der Waals surface area contributed by atoms with Gasteiger partial charge in [-0.05, 0) is 18.2 Å². The number of halogens is 1. The summed E-state index contributed by atoms with van der Waals surface area (Å²) in [5.74, 6) is -0.161. The van der Waals surface area contributed by atoms with Crippen molar-refractivity contribution >= 4 is 48.9 Å². The topological polar surface area (TPSA) is 72.9 Å². The second kappa shape index (κ2) is 5.50. The van der Waals surface area contributed by atoms with Gasteiger partial charge in [0.2, 0.25) is 0 Å². The van der Waals surface area contributed by atoms with Crippen molar-refractivity contribution in [2.24, 2.45) is 7.05 Å². The van der Waals surface area contributed by atoms with Crippen molar-refractivity contribution in [3.63, 3.8) is 0 Å². The zero-order valence-electron chi connectivity index (χ0n) is 11.3. The highest BCUT2D eigenvalue weighted by molar-refractivity contribution is 9.10. The summed E-state index contributed by atoms with van der Waals surface area (Å²) < 4.78 is 3.69. The molecule has 0 spiro atoms. The molecule has 21 heavy (non-hydrogen) atoms. The molecule has 108 valence electrons. The Kier molecular flexibility index (Phi) is 3.69. The molecule has 5 nitrogen and oxygen atoms in total. The number of amides is 1. The molecule has 0 saturated heterocycles.